The van der Waals surface area contributed by atoms with E-state index in [0.29, 0.717) is 18.1 Å². The van der Waals surface area contributed by atoms with Crippen molar-refractivity contribution in [3.05, 3.63) is 41.5 Å². The highest BCUT2D eigenvalue weighted by Crippen LogP contribution is 2.23. The number of hydrogen-bond donors (Lipinski definition) is 2. The molecule has 0 radical (unpaired) electrons. The van der Waals surface area contributed by atoms with Gasteiger partial charge in [-0.2, -0.15) is 4.98 Å². The van der Waals surface area contributed by atoms with Crippen LogP contribution in [0.4, 0.5) is 0 Å². The van der Waals surface area contributed by atoms with E-state index in [9.17, 15) is 4.79 Å². The summed E-state index contributed by atoms with van der Waals surface area (Å²) in [4.78, 5) is 18.4. The largest absolute Gasteiger partial charge is 0.497 e. The molecule has 3 rings (SSSR count). The number of piperazine rings is 1. The van der Waals surface area contributed by atoms with Crippen LogP contribution < -0.4 is 15.4 Å². The third-order valence-electron chi connectivity index (χ3n) is 4.57. The minimum absolute atomic E-state index is 0. The van der Waals surface area contributed by atoms with Gasteiger partial charge in [-0.05, 0) is 24.7 Å². The summed E-state index contributed by atoms with van der Waals surface area (Å²) in [7, 11) is 3.68. The van der Waals surface area contributed by atoms with Gasteiger partial charge in [0, 0.05) is 26.6 Å². The molecule has 1 aliphatic rings. The zero-order valence-electron chi connectivity index (χ0n) is 15.8. The lowest BCUT2D eigenvalue weighted by atomic mass is 10.0. The summed E-state index contributed by atoms with van der Waals surface area (Å²) in [6, 6.07) is 7.44. The summed E-state index contributed by atoms with van der Waals surface area (Å²) in [6.45, 7) is 4.19. The van der Waals surface area contributed by atoms with Gasteiger partial charge in [-0.15, -0.1) is 12.4 Å². The number of hydrogen-bond acceptors (Lipinski definition) is 7. The van der Waals surface area contributed by atoms with Crippen LogP contribution in [0.5, 0.6) is 5.75 Å². The minimum Gasteiger partial charge on any atom is -0.497 e. The van der Waals surface area contributed by atoms with Crippen molar-refractivity contribution in [3.8, 4) is 5.75 Å². The summed E-state index contributed by atoms with van der Waals surface area (Å²) in [5.74, 6) is 1.84. The first-order valence-electron chi connectivity index (χ1n) is 8.71. The molecule has 1 fully saturated rings. The van der Waals surface area contributed by atoms with Gasteiger partial charge >= 0.3 is 0 Å². The number of nitrogens with zero attached hydrogens (tertiary/aromatic N) is 3. The average Bonchev–Trinajstić information content (AvgIpc) is 3.09. The number of benzene rings is 1. The second kappa shape index (κ2) is 9.68. The van der Waals surface area contributed by atoms with E-state index in [1.807, 2.05) is 24.3 Å². The number of halogens is 1. The zero-order chi connectivity index (χ0) is 18.5. The molecule has 1 saturated heterocycles. The van der Waals surface area contributed by atoms with E-state index in [1.165, 1.54) is 6.92 Å². The third kappa shape index (κ3) is 5.41. The van der Waals surface area contributed by atoms with Crippen LogP contribution in [-0.2, 0) is 11.2 Å². The van der Waals surface area contributed by atoms with Crippen LogP contribution in [-0.4, -0.2) is 54.7 Å². The molecule has 0 saturated carbocycles. The molecule has 1 aromatic carbocycles. The molecular weight excluding hydrogens is 370 g/mol. The molecule has 148 valence electrons. The minimum atomic E-state index is -0.242. The van der Waals surface area contributed by atoms with Gasteiger partial charge in [-0.1, -0.05) is 17.3 Å². The smallest absolute Gasteiger partial charge is 0.229 e. The van der Waals surface area contributed by atoms with Crippen molar-refractivity contribution in [1.82, 2.24) is 25.7 Å². The number of likely N-dealkylation sites (N-methyl/N-ethyl adjacent to an activating group) is 1. The van der Waals surface area contributed by atoms with E-state index in [2.05, 4.69) is 32.7 Å². The molecule has 2 atom stereocenters. The average molecular weight is 396 g/mol. The monoisotopic (exact) mass is 395 g/mol. The van der Waals surface area contributed by atoms with Gasteiger partial charge in [-0.3, -0.25) is 9.69 Å². The predicted octanol–water partition coefficient (Wildman–Crippen LogP) is 1.50. The van der Waals surface area contributed by atoms with Crippen molar-refractivity contribution in [2.45, 2.75) is 25.4 Å². The first-order valence-corrected chi connectivity index (χ1v) is 8.71. The molecule has 2 unspecified atom stereocenters. The van der Waals surface area contributed by atoms with Crippen molar-refractivity contribution < 1.29 is 14.1 Å². The number of ether oxygens (including phenoxy) is 1. The highest BCUT2D eigenvalue weighted by atomic mass is 35.5. The number of amides is 1. The normalized spacial score (nSPS) is 18.4. The Bertz CT molecular complexity index is 737. The lowest BCUT2D eigenvalue weighted by molar-refractivity contribution is -0.119. The van der Waals surface area contributed by atoms with E-state index in [0.717, 1.165) is 30.9 Å². The lowest BCUT2D eigenvalue weighted by Gasteiger charge is -2.30. The second-order valence-electron chi connectivity index (χ2n) is 6.48. The first-order chi connectivity index (χ1) is 12.6. The van der Waals surface area contributed by atoms with E-state index in [-0.39, 0.29) is 30.4 Å². The van der Waals surface area contributed by atoms with E-state index in [4.69, 9.17) is 9.26 Å². The molecular formula is C18H26ClN5O3. The highest BCUT2D eigenvalue weighted by molar-refractivity contribution is 5.85. The van der Waals surface area contributed by atoms with Crippen molar-refractivity contribution in [2.24, 2.45) is 0 Å². The third-order valence-corrected chi connectivity index (χ3v) is 4.57. The molecule has 1 aromatic heterocycles. The number of carbonyl (C=O) groups is 1. The maximum absolute atomic E-state index is 11.6. The van der Waals surface area contributed by atoms with Crippen molar-refractivity contribution >= 4 is 18.3 Å². The van der Waals surface area contributed by atoms with Gasteiger partial charge in [-0.25, -0.2) is 0 Å². The molecule has 0 bridgehead atoms. The molecule has 27 heavy (non-hydrogen) atoms. The summed E-state index contributed by atoms with van der Waals surface area (Å²) in [6.07, 6.45) is 0.433. The Balaban J connectivity index is 0.00000261. The molecule has 0 aliphatic carbocycles. The van der Waals surface area contributed by atoms with Gasteiger partial charge in [0.15, 0.2) is 5.82 Å². The molecule has 2 heterocycles. The summed E-state index contributed by atoms with van der Waals surface area (Å²) in [5, 5.41) is 10.4. The van der Waals surface area contributed by atoms with Crippen LogP contribution in [0.2, 0.25) is 0 Å². The highest BCUT2D eigenvalue weighted by Gasteiger charge is 2.26. The molecule has 2 aromatic rings. The topological polar surface area (TPSA) is 92.5 Å². The van der Waals surface area contributed by atoms with Gasteiger partial charge in [0.1, 0.15) is 5.75 Å². The Kier molecular flexibility index (Phi) is 7.58. The number of carbonyl (C=O) groups excluding carboxylic acids is 1. The van der Waals surface area contributed by atoms with E-state index >= 15 is 0 Å². The Morgan fingerprint density at radius 1 is 1.44 bits per heavy atom. The first kappa shape index (κ1) is 21.1. The van der Waals surface area contributed by atoms with Crippen LogP contribution in [0.25, 0.3) is 0 Å². The summed E-state index contributed by atoms with van der Waals surface area (Å²) in [5.41, 5.74) is 0.956. The SMILES string of the molecule is COc1ccc(C(Cc2nc(C3CNCCN3C)no2)NC(C)=O)cc1.Cl. The van der Waals surface area contributed by atoms with Crippen molar-refractivity contribution in [3.63, 3.8) is 0 Å². The molecule has 0 spiro atoms. The number of nitrogens with one attached hydrogen (secondary N) is 2. The van der Waals surface area contributed by atoms with Gasteiger partial charge < -0.3 is 19.9 Å². The Labute approximate surface area is 165 Å². The Morgan fingerprint density at radius 2 is 2.19 bits per heavy atom. The molecule has 1 aliphatic heterocycles. The molecule has 8 nitrogen and oxygen atoms in total. The van der Waals surface area contributed by atoms with Crippen LogP contribution in [0.3, 0.4) is 0 Å². The lowest BCUT2D eigenvalue weighted by Crippen LogP contribution is -2.44. The fraction of sp³-hybridized carbons (Fsp3) is 0.500. The van der Waals surface area contributed by atoms with Crippen LogP contribution in [0, 0.1) is 0 Å². The Hall–Kier alpha value is -2.16. The van der Waals surface area contributed by atoms with Gasteiger partial charge in [0.05, 0.1) is 25.6 Å². The van der Waals surface area contributed by atoms with Gasteiger partial charge in [0.25, 0.3) is 0 Å². The van der Waals surface area contributed by atoms with Gasteiger partial charge in [0.2, 0.25) is 11.8 Å². The van der Waals surface area contributed by atoms with Crippen molar-refractivity contribution in [2.75, 3.05) is 33.8 Å². The maximum Gasteiger partial charge on any atom is 0.229 e. The zero-order valence-corrected chi connectivity index (χ0v) is 16.6. The second-order valence-corrected chi connectivity index (χ2v) is 6.48. The molecule has 9 heteroatoms. The number of rotatable bonds is 6. The predicted molar refractivity (Wildman–Crippen MR) is 103 cm³/mol. The number of methoxy groups -OCH3 is 1. The van der Waals surface area contributed by atoms with Crippen LogP contribution >= 0.6 is 12.4 Å². The fourth-order valence-electron chi connectivity index (χ4n) is 3.09. The molecule has 2 N–H and O–H groups in total. The Morgan fingerprint density at radius 3 is 2.81 bits per heavy atom. The molecule has 1 amide bonds. The van der Waals surface area contributed by atoms with Crippen LogP contribution in [0.15, 0.2) is 28.8 Å². The maximum atomic E-state index is 11.6. The van der Waals surface area contributed by atoms with Crippen LogP contribution in [0.1, 0.15) is 36.3 Å². The standard InChI is InChI=1S/C18H25N5O3.ClH/c1-12(24)20-15(13-4-6-14(25-3)7-5-13)10-17-21-18(22-26-17)16-11-19-8-9-23(16)2;/h4-7,15-16,19H,8-11H2,1-3H3,(H,20,24);1H. The fourth-order valence-corrected chi connectivity index (χ4v) is 3.09. The quantitative estimate of drug-likeness (QED) is 0.765. The summed E-state index contributed by atoms with van der Waals surface area (Å²) < 4.78 is 10.6. The summed E-state index contributed by atoms with van der Waals surface area (Å²) >= 11 is 0. The van der Waals surface area contributed by atoms with E-state index in [1.54, 1.807) is 7.11 Å². The van der Waals surface area contributed by atoms with Crippen molar-refractivity contribution in [1.29, 1.82) is 0 Å². The van der Waals surface area contributed by atoms with E-state index < -0.39 is 0 Å². The number of aromatic nitrogens is 2.